The third kappa shape index (κ3) is 2.50. The van der Waals surface area contributed by atoms with E-state index in [0.717, 1.165) is 19.4 Å². The molecule has 2 unspecified atom stereocenters. The average molecular weight is 240 g/mol. The second-order valence-corrected chi connectivity index (χ2v) is 5.02. The van der Waals surface area contributed by atoms with E-state index in [-0.39, 0.29) is 29.9 Å². The van der Waals surface area contributed by atoms with E-state index in [0.29, 0.717) is 13.1 Å². The number of likely N-dealkylation sites (N-methyl/N-ethyl adjacent to an activating group) is 1. The number of imide groups is 1. The predicted octanol–water partition coefficient (Wildman–Crippen LogP) is 0.292. The van der Waals surface area contributed by atoms with Crippen molar-refractivity contribution in [3.05, 3.63) is 0 Å². The highest BCUT2D eigenvalue weighted by molar-refractivity contribution is 6.05. The summed E-state index contributed by atoms with van der Waals surface area (Å²) in [7, 11) is 0. The highest BCUT2D eigenvalue weighted by Gasteiger charge is 2.39. The van der Waals surface area contributed by atoms with Gasteiger partial charge in [0.05, 0.1) is 18.1 Å². The van der Waals surface area contributed by atoms with Crippen molar-refractivity contribution in [1.29, 1.82) is 0 Å². The number of nitrogens with zero attached hydrogens (tertiary/aromatic N) is 1. The lowest BCUT2D eigenvalue weighted by Gasteiger charge is -2.25. The molecule has 0 aromatic heterocycles. The van der Waals surface area contributed by atoms with Crippen LogP contribution in [-0.4, -0.2) is 48.1 Å². The van der Waals surface area contributed by atoms with Gasteiger partial charge in [0.15, 0.2) is 0 Å². The Morgan fingerprint density at radius 3 is 2.82 bits per heavy atom. The number of carbonyl (C=O) groups is 2. The van der Waals surface area contributed by atoms with Crippen molar-refractivity contribution in [2.45, 2.75) is 44.8 Å². The Bertz CT molecular complexity index is 324. The van der Waals surface area contributed by atoms with Crippen LogP contribution in [0.4, 0.5) is 0 Å². The minimum absolute atomic E-state index is 0.0764. The van der Waals surface area contributed by atoms with Crippen molar-refractivity contribution in [2.24, 2.45) is 0 Å². The van der Waals surface area contributed by atoms with E-state index in [4.69, 9.17) is 4.74 Å². The number of nitrogens with one attached hydrogen (secondary N) is 1. The molecule has 0 saturated carbocycles. The molecular formula is C12H20N2O3. The van der Waals surface area contributed by atoms with Gasteiger partial charge in [-0.15, -0.1) is 0 Å². The van der Waals surface area contributed by atoms with Crippen LogP contribution in [0.5, 0.6) is 0 Å². The van der Waals surface area contributed by atoms with Crippen LogP contribution in [0.25, 0.3) is 0 Å². The Kier molecular flexibility index (Phi) is 3.49. The second kappa shape index (κ2) is 4.74. The van der Waals surface area contributed by atoms with Crippen molar-refractivity contribution in [1.82, 2.24) is 10.2 Å². The van der Waals surface area contributed by atoms with Crippen molar-refractivity contribution in [3.63, 3.8) is 0 Å². The van der Waals surface area contributed by atoms with Gasteiger partial charge in [-0.2, -0.15) is 0 Å². The number of rotatable bonds is 4. The molecule has 2 aliphatic heterocycles. The Labute approximate surface area is 101 Å². The first-order chi connectivity index (χ1) is 8.06. The molecule has 2 saturated heterocycles. The van der Waals surface area contributed by atoms with E-state index in [1.54, 1.807) is 0 Å². The van der Waals surface area contributed by atoms with Crippen LogP contribution in [0.1, 0.15) is 33.1 Å². The Morgan fingerprint density at radius 2 is 2.29 bits per heavy atom. The van der Waals surface area contributed by atoms with E-state index < -0.39 is 0 Å². The zero-order valence-corrected chi connectivity index (χ0v) is 10.5. The third-order valence-corrected chi connectivity index (χ3v) is 3.58. The Hall–Kier alpha value is -0.940. The molecule has 2 aliphatic rings. The first-order valence-electron chi connectivity index (χ1n) is 6.27. The number of carbonyl (C=O) groups excluding carboxylic acids is 2. The fourth-order valence-electron chi connectivity index (χ4n) is 2.49. The molecule has 2 fully saturated rings. The zero-order chi connectivity index (χ0) is 12.5. The fourth-order valence-corrected chi connectivity index (χ4v) is 2.49. The van der Waals surface area contributed by atoms with Crippen molar-refractivity contribution in [3.8, 4) is 0 Å². The summed E-state index contributed by atoms with van der Waals surface area (Å²) in [6.07, 6.45) is 2.35. The van der Waals surface area contributed by atoms with E-state index in [9.17, 15) is 9.59 Å². The van der Waals surface area contributed by atoms with Crippen LogP contribution in [-0.2, 0) is 14.3 Å². The molecule has 2 rings (SSSR count). The van der Waals surface area contributed by atoms with Gasteiger partial charge in [0.2, 0.25) is 11.8 Å². The minimum atomic E-state index is -0.358. The van der Waals surface area contributed by atoms with Crippen LogP contribution < -0.4 is 5.32 Å². The predicted molar refractivity (Wildman–Crippen MR) is 62.4 cm³/mol. The number of ether oxygens (including phenoxy) is 1. The van der Waals surface area contributed by atoms with Gasteiger partial charge in [-0.3, -0.25) is 14.5 Å². The molecule has 0 radical (unpaired) electrons. The molecule has 1 N–H and O–H groups in total. The van der Waals surface area contributed by atoms with Gasteiger partial charge in [0.1, 0.15) is 0 Å². The van der Waals surface area contributed by atoms with Crippen molar-refractivity contribution < 1.29 is 14.3 Å². The van der Waals surface area contributed by atoms with Crippen molar-refractivity contribution >= 4 is 11.8 Å². The summed E-state index contributed by atoms with van der Waals surface area (Å²) in [5.74, 6) is -0.174. The van der Waals surface area contributed by atoms with Crippen LogP contribution in [0.3, 0.4) is 0 Å². The van der Waals surface area contributed by atoms with Gasteiger partial charge in [-0.1, -0.05) is 0 Å². The summed E-state index contributed by atoms with van der Waals surface area (Å²) in [6, 6.07) is -0.358. The Morgan fingerprint density at radius 1 is 1.53 bits per heavy atom. The smallest absolute Gasteiger partial charge is 0.246 e. The van der Waals surface area contributed by atoms with Gasteiger partial charge in [0.25, 0.3) is 0 Å². The molecule has 2 heterocycles. The maximum Gasteiger partial charge on any atom is 0.246 e. The van der Waals surface area contributed by atoms with Crippen LogP contribution in [0.15, 0.2) is 0 Å². The zero-order valence-electron chi connectivity index (χ0n) is 10.5. The van der Waals surface area contributed by atoms with Gasteiger partial charge in [0, 0.05) is 19.7 Å². The summed E-state index contributed by atoms with van der Waals surface area (Å²) in [4.78, 5) is 24.7. The summed E-state index contributed by atoms with van der Waals surface area (Å²) in [5, 5.41) is 3.17. The largest absolute Gasteiger partial charge is 0.374 e. The topological polar surface area (TPSA) is 58.6 Å². The van der Waals surface area contributed by atoms with Crippen molar-refractivity contribution in [2.75, 3.05) is 19.7 Å². The number of hydrogen-bond donors (Lipinski definition) is 1. The highest BCUT2D eigenvalue weighted by Crippen LogP contribution is 2.24. The van der Waals surface area contributed by atoms with E-state index >= 15 is 0 Å². The normalized spacial score (nSPS) is 33.8. The summed E-state index contributed by atoms with van der Waals surface area (Å²) in [5.41, 5.74) is -0.178. The molecule has 5 nitrogen and oxygen atoms in total. The summed E-state index contributed by atoms with van der Waals surface area (Å²) >= 11 is 0. The number of amides is 2. The summed E-state index contributed by atoms with van der Waals surface area (Å²) < 4.78 is 5.64. The highest BCUT2D eigenvalue weighted by atomic mass is 16.5. The number of hydrogen-bond acceptors (Lipinski definition) is 4. The van der Waals surface area contributed by atoms with Crippen LogP contribution in [0, 0.1) is 0 Å². The first kappa shape index (κ1) is 12.5. The van der Waals surface area contributed by atoms with E-state index in [1.807, 2.05) is 13.8 Å². The molecule has 0 aromatic carbocycles. The van der Waals surface area contributed by atoms with Gasteiger partial charge >= 0.3 is 0 Å². The van der Waals surface area contributed by atoms with Crippen LogP contribution in [0.2, 0.25) is 0 Å². The third-order valence-electron chi connectivity index (χ3n) is 3.58. The standard InChI is InChI=1S/C12H20N2O3/c1-3-14-10(15)7-9(11(14)16)13-8-12(2)5-4-6-17-12/h9,13H,3-8H2,1-2H3. The lowest BCUT2D eigenvalue weighted by molar-refractivity contribution is -0.138. The molecule has 0 bridgehead atoms. The molecular weight excluding hydrogens is 220 g/mol. The van der Waals surface area contributed by atoms with Crippen LogP contribution >= 0.6 is 0 Å². The maximum absolute atomic E-state index is 11.9. The average Bonchev–Trinajstić information content (AvgIpc) is 2.82. The quantitative estimate of drug-likeness (QED) is 0.718. The Balaban J connectivity index is 1.88. The second-order valence-electron chi connectivity index (χ2n) is 5.02. The van der Waals surface area contributed by atoms with Gasteiger partial charge < -0.3 is 10.1 Å². The molecule has 2 atom stereocenters. The number of likely N-dealkylation sites (tertiary alicyclic amines) is 1. The first-order valence-corrected chi connectivity index (χ1v) is 6.27. The fraction of sp³-hybridized carbons (Fsp3) is 0.833. The molecule has 0 spiro atoms. The lowest BCUT2D eigenvalue weighted by atomic mass is 10.0. The molecule has 96 valence electrons. The van der Waals surface area contributed by atoms with Gasteiger partial charge in [-0.25, -0.2) is 0 Å². The molecule has 17 heavy (non-hydrogen) atoms. The molecule has 2 amide bonds. The monoisotopic (exact) mass is 240 g/mol. The molecule has 5 heteroatoms. The van der Waals surface area contributed by atoms with Gasteiger partial charge in [-0.05, 0) is 26.7 Å². The van der Waals surface area contributed by atoms with E-state index in [2.05, 4.69) is 5.32 Å². The maximum atomic E-state index is 11.9. The van der Waals surface area contributed by atoms with E-state index in [1.165, 1.54) is 4.90 Å². The summed E-state index contributed by atoms with van der Waals surface area (Å²) in [6.45, 7) is 5.75. The molecule has 0 aromatic rings. The lowest BCUT2D eigenvalue weighted by Crippen LogP contribution is -2.45. The SMILES string of the molecule is CCN1C(=O)CC(NCC2(C)CCCO2)C1=O. The minimum Gasteiger partial charge on any atom is -0.374 e. The molecule has 0 aliphatic carbocycles.